The minimum atomic E-state index is 0.213. The first-order valence-corrected chi connectivity index (χ1v) is 7.02. The Balaban J connectivity index is 1.84. The van der Waals surface area contributed by atoms with Gasteiger partial charge in [0, 0.05) is 38.3 Å². The molecule has 2 fully saturated rings. The van der Waals surface area contributed by atoms with Gasteiger partial charge in [-0.05, 0) is 31.6 Å². The van der Waals surface area contributed by atoms with E-state index in [2.05, 4.69) is 10.2 Å². The highest BCUT2D eigenvalue weighted by Crippen LogP contribution is 2.30. The molecule has 1 aliphatic carbocycles. The van der Waals surface area contributed by atoms with E-state index in [0.29, 0.717) is 25.1 Å². The fraction of sp³-hybridized carbons (Fsp3) is 1.00. The highest BCUT2D eigenvalue weighted by molar-refractivity contribution is 4.89. The fourth-order valence-corrected chi connectivity index (χ4v) is 3.10. The zero-order chi connectivity index (χ0) is 12.1. The van der Waals surface area contributed by atoms with Crippen LogP contribution in [-0.4, -0.2) is 60.0 Å². The van der Waals surface area contributed by atoms with Crippen LogP contribution in [0.25, 0.3) is 0 Å². The third kappa shape index (κ3) is 3.65. The van der Waals surface area contributed by atoms with Crippen LogP contribution in [0.1, 0.15) is 32.1 Å². The van der Waals surface area contributed by atoms with Gasteiger partial charge in [0.25, 0.3) is 0 Å². The van der Waals surface area contributed by atoms with Crippen LogP contribution in [0.15, 0.2) is 0 Å². The highest BCUT2D eigenvalue weighted by Gasteiger charge is 2.33. The summed E-state index contributed by atoms with van der Waals surface area (Å²) < 4.78 is 0. The molecule has 1 aliphatic heterocycles. The number of nitrogens with zero attached hydrogens (tertiary/aromatic N) is 1. The van der Waals surface area contributed by atoms with Crippen LogP contribution in [0, 0.1) is 5.92 Å². The molecule has 0 aromatic heterocycles. The van der Waals surface area contributed by atoms with Crippen LogP contribution in [-0.2, 0) is 0 Å². The summed E-state index contributed by atoms with van der Waals surface area (Å²) in [5.74, 6) is 0.616. The average Bonchev–Trinajstić information content (AvgIpc) is 2.24. The summed E-state index contributed by atoms with van der Waals surface area (Å²) in [4.78, 5) is 2.60. The molecule has 0 bridgehead atoms. The summed E-state index contributed by atoms with van der Waals surface area (Å²) in [6.07, 6.45) is 6.13. The standard InChI is InChI=1S/C13H26N2O2/c16-6-4-11-8-12(14-5-7-17)10-15(9-11)13-2-1-3-13/h11-14,16-17H,1-10H2. The van der Waals surface area contributed by atoms with Gasteiger partial charge in [-0.2, -0.15) is 0 Å². The first kappa shape index (κ1) is 13.3. The predicted octanol–water partition coefficient (Wildman–Crippen LogP) is 0.194. The molecule has 1 saturated heterocycles. The number of likely N-dealkylation sites (tertiary alicyclic amines) is 1. The van der Waals surface area contributed by atoms with Crippen LogP contribution in [0.4, 0.5) is 0 Å². The van der Waals surface area contributed by atoms with E-state index in [1.165, 1.54) is 19.3 Å². The average molecular weight is 242 g/mol. The number of aliphatic hydroxyl groups excluding tert-OH is 2. The molecular formula is C13H26N2O2. The third-order valence-electron chi connectivity index (χ3n) is 4.24. The summed E-state index contributed by atoms with van der Waals surface area (Å²) in [5.41, 5.74) is 0. The Morgan fingerprint density at radius 1 is 1.12 bits per heavy atom. The molecular weight excluding hydrogens is 216 g/mol. The van der Waals surface area contributed by atoms with Gasteiger partial charge in [-0.3, -0.25) is 4.90 Å². The van der Waals surface area contributed by atoms with Gasteiger partial charge >= 0.3 is 0 Å². The van der Waals surface area contributed by atoms with E-state index in [-0.39, 0.29) is 6.61 Å². The van der Waals surface area contributed by atoms with Gasteiger partial charge in [0.05, 0.1) is 6.61 Å². The fourth-order valence-electron chi connectivity index (χ4n) is 3.10. The summed E-state index contributed by atoms with van der Waals surface area (Å²) in [5, 5.41) is 21.4. The monoisotopic (exact) mass is 242 g/mol. The van der Waals surface area contributed by atoms with Gasteiger partial charge in [0.2, 0.25) is 0 Å². The number of aliphatic hydroxyl groups is 2. The molecule has 2 atom stereocenters. The van der Waals surface area contributed by atoms with Crippen molar-refractivity contribution in [2.75, 3.05) is 32.8 Å². The lowest BCUT2D eigenvalue weighted by atomic mass is 9.85. The summed E-state index contributed by atoms with van der Waals surface area (Å²) >= 11 is 0. The van der Waals surface area contributed by atoms with Crippen LogP contribution >= 0.6 is 0 Å². The molecule has 3 N–H and O–H groups in total. The number of piperidine rings is 1. The normalized spacial score (nSPS) is 31.4. The Labute approximate surface area is 104 Å². The Hall–Kier alpha value is -0.160. The van der Waals surface area contributed by atoms with Crippen molar-refractivity contribution in [2.45, 2.75) is 44.2 Å². The molecule has 0 radical (unpaired) electrons. The number of rotatable bonds is 6. The van der Waals surface area contributed by atoms with E-state index >= 15 is 0 Å². The molecule has 100 valence electrons. The number of hydrogen-bond acceptors (Lipinski definition) is 4. The Bertz CT molecular complexity index is 221. The first-order chi connectivity index (χ1) is 8.33. The van der Waals surface area contributed by atoms with Gasteiger partial charge in [0.1, 0.15) is 0 Å². The highest BCUT2D eigenvalue weighted by atomic mass is 16.3. The summed E-state index contributed by atoms with van der Waals surface area (Å²) in [6, 6.07) is 1.28. The lowest BCUT2D eigenvalue weighted by molar-refractivity contribution is 0.0498. The van der Waals surface area contributed by atoms with E-state index < -0.39 is 0 Å². The van der Waals surface area contributed by atoms with Crippen molar-refractivity contribution in [1.82, 2.24) is 10.2 Å². The molecule has 2 aliphatic rings. The zero-order valence-corrected chi connectivity index (χ0v) is 10.6. The van der Waals surface area contributed by atoms with Gasteiger partial charge < -0.3 is 15.5 Å². The molecule has 0 amide bonds. The molecule has 4 heteroatoms. The number of nitrogens with one attached hydrogen (secondary N) is 1. The largest absolute Gasteiger partial charge is 0.396 e. The second-order valence-electron chi connectivity index (χ2n) is 5.53. The van der Waals surface area contributed by atoms with Gasteiger partial charge in [-0.15, -0.1) is 0 Å². The second-order valence-corrected chi connectivity index (χ2v) is 5.53. The molecule has 1 saturated carbocycles. The van der Waals surface area contributed by atoms with Crippen molar-refractivity contribution in [1.29, 1.82) is 0 Å². The van der Waals surface area contributed by atoms with E-state index in [4.69, 9.17) is 10.2 Å². The molecule has 4 nitrogen and oxygen atoms in total. The Morgan fingerprint density at radius 3 is 2.53 bits per heavy atom. The van der Waals surface area contributed by atoms with E-state index in [0.717, 1.165) is 32.0 Å². The van der Waals surface area contributed by atoms with Crippen molar-refractivity contribution in [3.8, 4) is 0 Å². The quantitative estimate of drug-likeness (QED) is 0.622. The second kappa shape index (κ2) is 6.69. The zero-order valence-electron chi connectivity index (χ0n) is 10.6. The molecule has 0 aromatic rings. The minimum absolute atomic E-state index is 0.213. The first-order valence-electron chi connectivity index (χ1n) is 7.02. The van der Waals surface area contributed by atoms with Gasteiger partial charge in [-0.1, -0.05) is 6.42 Å². The van der Waals surface area contributed by atoms with Crippen molar-refractivity contribution < 1.29 is 10.2 Å². The van der Waals surface area contributed by atoms with Crippen LogP contribution in [0.5, 0.6) is 0 Å². The third-order valence-corrected chi connectivity index (χ3v) is 4.24. The SMILES string of the molecule is OCCNC1CC(CCO)CN(C2CCC2)C1. The maximum absolute atomic E-state index is 9.10. The lowest BCUT2D eigenvalue weighted by Crippen LogP contribution is -2.54. The Morgan fingerprint density at radius 2 is 1.94 bits per heavy atom. The molecule has 0 spiro atoms. The van der Waals surface area contributed by atoms with Gasteiger partial charge in [-0.25, -0.2) is 0 Å². The molecule has 1 heterocycles. The van der Waals surface area contributed by atoms with Crippen LogP contribution in [0.2, 0.25) is 0 Å². The van der Waals surface area contributed by atoms with E-state index in [1.54, 1.807) is 0 Å². The van der Waals surface area contributed by atoms with E-state index in [9.17, 15) is 0 Å². The van der Waals surface area contributed by atoms with Crippen molar-refractivity contribution in [3.63, 3.8) is 0 Å². The smallest absolute Gasteiger partial charge is 0.0556 e. The minimum Gasteiger partial charge on any atom is -0.396 e. The maximum Gasteiger partial charge on any atom is 0.0556 e. The molecule has 0 aromatic carbocycles. The van der Waals surface area contributed by atoms with Crippen LogP contribution < -0.4 is 5.32 Å². The van der Waals surface area contributed by atoms with Crippen molar-refractivity contribution in [3.05, 3.63) is 0 Å². The maximum atomic E-state index is 9.10. The van der Waals surface area contributed by atoms with Gasteiger partial charge in [0.15, 0.2) is 0 Å². The summed E-state index contributed by atoms with van der Waals surface area (Å²) in [7, 11) is 0. The molecule has 2 rings (SSSR count). The molecule has 17 heavy (non-hydrogen) atoms. The predicted molar refractivity (Wildman–Crippen MR) is 67.9 cm³/mol. The topological polar surface area (TPSA) is 55.7 Å². The van der Waals surface area contributed by atoms with Crippen molar-refractivity contribution in [2.24, 2.45) is 5.92 Å². The van der Waals surface area contributed by atoms with E-state index in [1.807, 2.05) is 0 Å². The summed E-state index contributed by atoms with van der Waals surface area (Å²) in [6.45, 7) is 3.48. The number of hydrogen-bond donors (Lipinski definition) is 3. The lowest BCUT2D eigenvalue weighted by Gasteiger charge is -2.45. The Kier molecular flexibility index (Phi) is 5.22. The molecule has 2 unspecified atom stereocenters. The van der Waals surface area contributed by atoms with Crippen molar-refractivity contribution >= 4 is 0 Å². The van der Waals surface area contributed by atoms with Crippen LogP contribution in [0.3, 0.4) is 0 Å².